The summed E-state index contributed by atoms with van der Waals surface area (Å²) in [4.78, 5) is 21.6. The summed E-state index contributed by atoms with van der Waals surface area (Å²) in [6, 6.07) is 1.79. The van der Waals surface area contributed by atoms with E-state index in [0.29, 0.717) is 16.3 Å². The molecule has 6 nitrogen and oxygen atoms in total. The highest BCUT2D eigenvalue weighted by molar-refractivity contribution is 8.00. The molecule has 8 heteroatoms. The lowest BCUT2D eigenvalue weighted by molar-refractivity contribution is 0.715. The molecule has 0 bridgehead atoms. The second kappa shape index (κ2) is 4.21. The molecule has 3 aromatic rings. The number of thiazole rings is 1. The minimum absolute atomic E-state index is 0.151. The fourth-order valence-electron chi connectivity index (χ4n) is 1.60. The molecule has 3 rings (SSSR count). The van der Waals surface area contributed by atoms with Gasteiger partial charge in [0, 0.05) is 19.4 Å². The highest BCUT2D eigenvalue weighted by atomic mass is 32.2. The Morgan fingerprint density at radius 3 is 2.89 bits per heavy atom. The fraction of sp³-hybridized carbons (Fsp3) is 0.200. The van der Waals surface area contributed by atoms with Crippen molar-refractivity contribution in [3.05, 3.63) is 28.8 Å². The number of hydrogen-bond acceptors (Lipinski definition) is 6. The summed E-state index contributed by atoms with van der Waals surface area (Å²) >= 11 is 2.93. The number of rotatable bonds is 2. The average Bonchev–Trinajstić information content (AvgIpc) is 3.02. The van der Waals surface area contributed by atoms with E-state index in [1.807, 2.05) is 6.26 Å². The standard InChI is InChI=1S/C10H9N5OS2/c1-14-8(16)6-7(18-10(12-6)17-2)13-9(14)15-5-3-4-11-15/h3-5H,1-2H3. The molecular formula is C10H9N5OS2. The van der Waals surface area contributed by atoms with Gasteiger partial charge in [0.1, 0.15) is 0 Å². The van der Waals surface area contributed by atoms with Crippen LogP contribution in [0.1, 0.15) is 0 Å². The zero-order valence-electron chi connectivity index (χ0n) is 9.69. The third-order valence-electron chi connectivity index (χ3n) is 2.48. The second-order valence-electron chi connectivity index (χ2n) is 3.56. The van der Waals surface area contributed by atoms with Gasteiger partial charge in [-0.2, -0.15) is 10.1 Å². The second-order valence-corrected chi connectivity index (χ2v) is 5.60. The van der Waals surface area contributed by atoms with Gasteiger partial charge in [0.15, 0.2) is 14.7 Å². The van der Waals surface area contributed by atoms with Crippen LogP contribution in [0.4, 0.5) is 0 Å². The first-order chi connectivity index (χ1) is 8.70. The third-order valence-corrected chi connectivity index (χ3v) is 4.42. The van der Waals surface area contributed by atoms with Crippen molar-refractivity contribution < 1.29 is 0 Å². The average molecular weight is 279 g/mol. The summed E-state index contributed by atoms with van der Waals surface area (Å²) in [7, 11) is 1.67. The quantitative estimate of drug-likeness (QED) is 0.661. The van der Waals surface area contributed by atoms with Crippen LogP contribution in [0.15, 0.2) is 27.6 Å². The number of aromatic nitrogens is 5. The van der Waals surface area contributed by atoms with Crippen molar-refractivity contribution in [2.24, 2.45) is 7.05 Å². The Morgan fingerprint density at radius 2 is 2.22 bits per heavy atom. The molecule has 18 heavy (non-hydrogen) atoms. The summed E-state index contributed by atoms with van der Waals surface area (Å²) in [5, 5.41) is 4.10. The molecule has 0 N–H and O–H groups in total. The third kappa shape index (κ3) is 1.65. The van der Waals surface area contributed by atoms with Crippen molar-refractivity contribution in [2.75, 3.05) is 6.26 Å². The van der Waals surface area contributed by atoms with Gasteiger partial charge in [-0.05, 0) is 12.3 Å². The summed E-state index contributed by atoms with van der Waals surface area (Å²) in [6.07, 6.45) is 5.33. The predicted octanol–water partition coefficient (Wildman–Crippen LogP) is 1.30. The lowest BCUT2D eigenvalue weighted by atomic mass is 10.5. The van der Waals surface area contributed by atoms with E-state index >= 15 is 0 Å². The van der Waals surface area contributed by atoms with E-state index in [9.17, 15) is 4.79 Å². The van der Waals surface area contributed by atoms with Crippen LogP contribution in [-0.2, 0) is 7.05 Å². The van der Waals surface area contributed by atoms with Gasteiger partial charge >= 0.3 is 0 Å². The molecule has 92 valence electrons. The first kappa shape index (κ1) is 11.4. The lowest BCUT2D eigenvalue weighted by Crippen LogP contribution is -2.23. The van der Waals surface area contributed by atoms with Crippen LogP contribution in [0.3, 0.4) is 0 Å². The van der Waals surface area contributed by atoms with Gasteiger partial charge in [0.05, 0.1) is 0 Å². The van der Waals surface area contributed by atoms with Gasteiger partial charge in [-0.25, -0.2) is 9.67 Å². The molecule has 0 atom stereocenters. The van der Waals surface area contributed by atoms with Gasteiger partial charge in [0.2, 0.25) is 5.95 Å². The smallest absolute Gasteiger partial charge is 0.278 e. The monoisotopic (exact) mass is 279 g/mol. The zero-order valence-corrected chi connectivity index (χ0v) is 11.3. The first-order valence-corrected chi connectivity index (χ1v) is 7.16. The van der Waals surface area contributed by atoms with Gasteiger partial charge in [-0.1, -0.05) is 23.1 Å². The highest BCUT2D eigenvalue weighted by Gasteiger charge is 2.14. The number of hydrogen-bond donors (Lipinski definition) is 0. The minimum Gasteiger partial charge on any atom is -0.278 e. The molecule has 0 saturated carbocycles. The van der Waals surface area contributed by atoms with Crippen LogP contribution >= 0.6 is 23.1 Å². The van der Waals surface area contributed by atoms with Gasteiger partial charge in [0.25, 0.3) is 5.56 Å². The Morgan fingerprint density at radius 1 is 1.39 bits per heavy atom. The van der Waals surface area contributed by atoms with Crippen molar-refractivity contribution in [2.45, 2.75) is 4.34 Å². The Kier molecular flexibility index (Phi) is 2.67. The largest absolute Gasteiger partial charge is 0.282 e. The predicted molar refractivity (Wildman–Crippen MR) is 71.6 cm³/mol. The number of thioether (sulfide) groups is 1. The molecule has 3 heterocycles. The van der Waals surface area contributed by atoms with Crippen LogP contribution in [0.2, 0.25) is 0 Å². The minimum atomic E-state index is -0.151. The normalized spacial score (nSPS) is 11.2. The maximum atomic E-state index is 12.2. The molecular weight excluding hydrogens is 270 g/mol. The first-order valence-electron chi connectivity index (χ1n) is 5.12. The van der Waals surface area contributed by atoms with Crippen molar-refractivity contribution in [3.8, 4) is 5.95 Å². The van der Waals surface area contributed by atoms with E-state index in [2.05, 4.69) is 15.1 Å². The highest BCUT2D eigenvalue weighted by Crippen LogP contribution is 2.25. The van der Waals surface area contributed by atoms with Crippen LogP contribution in [0.5, 0.6) is 0 Å². The summed E-state index contributed by atoms with van der Waals surface area (Å²) in [5.74, 6) is 0.494. The molecule has 0 fully saturated rings. The SMILES string of the molecule is CSc1nc2c(=O)n(C)c(-n3cccn3)nc2s1. The molecule has 0 aromatic carbocycles. The maximum Gasteiger partial charge on any atom is 0.282 e. The molecule has 0 unspecified atom stereocenters. The maximum absolute atomic E-state index is 12.2. The van der Waals surface area contributed by atoms with Crippen LogP contribution in [0, 0.1) is 0 Å². The molecule has 0 aliphatic carbocycles. The van der Waals surface area contributed by atoms with E-state index in [1.54, 1.807) is 30.2 Å². The van der Waals surface area contributed by atoms with Crippen molar-refractivity contribution >= 4 is 33.4 Å². The fourth-order valence-corrected chi connectivity index (χ4v) is 3.01. The van der Waals surface area contributed by atoms with E-state index in [-0.39, 0.29) is 5.56 Å². The molecule has 0 spiro atoms. The van der Waals surface area contributed by atoms with Crippen molar-refractivity contribution in [1.82, 2.24) is 24.3 Å². The van der Waals surface area contributed by atoms with E-state index in [1.165, 1.54) is 27.7 Å². The Labute approximate surface area is 110 Å². The molecule has 3 aromatic heterocycles. The van der Waals surface area contributed by atoms with Crippen LogP contribution in [0.25, 0.3) is 16.3 Å². The molecule has 0 aliphatic heterocycles. The summed E-state index contributed by atoms with van der Waals surface area (Å²) in [6.45, 7) is 0. The van der Waals surface area contributed by atoms with E-state index in [4.69, 9.17) is 0 Å². The van der Waals surface area contributed by atoms with Gasteiger partial charge < -0.3 is 0 Å². The number of nitrogens with zero attached hydrogens (tertiary/aromatic N) is 5. The number of fused-ring (bicyclic) bond motifs is 1. The van der Waals surface area contributed by atoms with Crippen LogP contribution in [-0.4, -0.2) is 30.6 Å². The summed E-state index contributed by atoms with van der Waals surface area (Å²) < 4.78 is 3.87. The zero-order chi connectivity index (χ0) is 12.7. The molecule has 0 radical (unpaired) electrons. The van der Waals surface area contributed by atoms with Crippen molar-refractivity contribution in [3.63, 3.8) is 0 Å². The van der Waals surface area contributed by atoms with Gasteiger partial charge in [-0.3, -0.25) is 9.36 Å². The Bertz CT molecular complexity index is 759. The van der Waals surface area contributed by atoms with Crippen LogP contribution < -0.4 is 5.56 Å². The topological polar surface area (TPSA) is 65.6 Å². The molecule has 0 saturated heterocycles. The molecule has 0 aliphatic rings. The Balaban J connectivity index is 2.35. The molecule has 0 amide bonds. The van der Waals surface area contributed by atoms with E-state index in [0.717, 1.165) is 4.34 Å². The van der Waals surface area contributed by atoms with Crippen molar-refractivity contribution in [1.29, 1.82) is 0 Å². The lowest BCUT2D eigenvalue weighted by Gasteiger charge is -2.05. The Hall–Kier alpha value is -1.67. The van der Waals surface area contributed by atoms with E-state index < -0.39 is 0 Å². The van der Waals surface area contributed by atoms with Gasteiger partial charge in [-0.15, -0.1) is 0 Å². The summed E-state index contributed by atoms with van der Waals surface area (Å²) in [5.41, 5.74) is 0.268.